The zero-order chi connectivity index (χ0) is 12.7. The average molecular weight is 241 g/mol. The number of ether oxygens (including phenoxy) is 1. The summed E-state index contributed by atoms with van der Waals surface area (Å²) in [5.74, 6) is -0.415. The maximum Gasteiger partial charge on any atom is 0.335 e. The van der Waals surface area contributed by atoms with E-state index < -0.39 is 5.97 Å². The third-order valence-electron chi connectivity index (χ3n) is 3.05. The summed E-state index contributed by atoms with van der Waals surface area (Å²) in [7, 11) is 1.53. The van der Waals surface area contributed by atoms with Crippen LogP contribution in [0.4, 0.5) is 0 Å². The van der Waals surface area contributed by atoms with Gasteiger partial charge in [0.15, 0.2) is 0 Å². The molecule has 0 atom stereocenters. The van der Waals surface area contributed by atoms with Crippen LogP contribution < -0.4 is 4.74 Å². The summed E-state index contributed by atoms with van der Waals surface area (Å²) < 4.78 is 5.25. The second-order valence-electron chi connectivity index (χ2n) is 4.08. The van der Waals surface area contributed by atoms with Crippen molar-refractivity contribution in [2.75, 3.05) is 7.11 Å². The molecule has 3 rings (SSSR count). The van der Waals surface area contributed by atoms with Crippen molar-refractivity contribution < 1.29 is 14.6 Å². The van der Waals surface area contributed by atoms with Gasteiger partial charge >= 0.3 is 5.97 Å². The summed E-state index contributed by atoms with van der Waals surface area (Å²) in [5, 5.41) is 11.0. The zero-order valence-electron chi connectivity index (χ0n) is 9.73. The first-order valence-electron chi connectivity index (χ1n) is 5.52. The first-order chi connectivity index (χ1) is 8.70. The molecule has 1 aromatic heterocycles. The van der Waals surface area contributed by atoms with E-state index in [9.17, 15) is 4.79 Å². The summed E-state index contributed by atoms with van der Waals surface area (Å²) in [5.41, 5.74) is 2.01. The predicted molar refractivity (Wildman–Crippen MR) is 69.3 cm³/mol. The highest BCUT2D eigenvalue weighted by atomic mass is 16.5. The summed E-state index contributed by atoms with van der Waals surface area (Å²) >= 11 is 0. The Balaban J connectivity index is 2.48. The zero-order valence-corrected chi connectivity index (χ0v) is 9.73. The SMILES string of the molecule is COc1cc(C(=O)O)cc2c1[nH]c1ccccc12. The highest BCUT2D eigenvalue weighted by molar-refractivity contribution is 6.11. The molecular formula is C14H11NO3. The van der Waals surface area contributed by atoms with Crippen molar-refractivity contribution in [3.05, 3.63) is 42.0 Å². The smallest absolute Gasteiger partial charge is 0.335 e. The van der Waals surface area contributed by atoms with Crippen LogP contribution in [0.5, 0.6) is 5.75 Å². The van der Waals surface area contributed by atoms with E-state index in [2.05, 4.69) is 4.98 Å². The lowest BCUT2D eigenvalue weighted by molar-refractivity contribution is 0.0696. The van der Waals surface area contributed by atoms with Gasteiger partial charge in [0, 0.05) is 16.3 Å². The topological polar surface area (TPSA) is 62.3 Å². The number of aromatic nitrogens is 1. The number of benzene rings is 2. The van der Waals surface area contributed by atoms with Gasteiger partial charge < -0.3 is 14.8 Å². The van der Waals surface area contributed by atoms with Crippen LogP contribution in [0.2, 0.25) is 0 Å². The van der Waals surface area contributed by atoms with Crippen molar-refractivity contribution in [3.63, 3.8) is 0 Å². The Kier molecular flexibility index (Phi) is 2.23. The molecule has 3 aromatic rings. The number of carboxylic acids is 1. The van der Waals surface area contributed by atoms with Gasteiger partial charge in [-0.3, -0.25) is 0 Å². The highest BCUT2D eigenvalue weighted by Crippen LogP contribution is 2.32. The van der Waals surface area contributed by atoms with E-state index in [-0.39, 0.29) is 5.56 Å². The minimum absolute atomic E-state index is 0.226. The summed E-state index contributed by atoms with van der Waals surface area (Å²) in [4.78, 5) is 14.4. The fraction of sp³-hybridized carbons (Fsp3) is 0.0714. The molecule has 0 aliphatic carbocycles. The lowest BCUT2D eigenvalue weighted by Crippen LogP contribution is -1.97. The Labute approximate surface area is 103 Å². The van der Waals surface area contributed by atoms with E-state index in [0.29, 0.717) is 5.75 Å². The van der Waals surface area contributed by atoms with Crippen LogP contribution in [0.15, 0.2) is 36.4 Å². The monoisotopic (exact) mass is 241 g/mol. The molecule has 4 heteroatoms. The molecule has 0 aliphatic heterocycles. The van der Waals surface area contributed by atoms with Gasteiger partial charge in [0.25, 0.3) is 0 Å². The largest absolute Gasteiger partial charge is 0.495 e. The predicted octanol–water partition coefficient (Wildman–Crippen LogP) is 3.03. The number of H-pyrrole nitrogens is 1. The molecule has 0 spiro atoms. The maximum absolute atomic E-state index is 11.1. The number of fused-ring (bicyclic) bond motifs is 3. The highest BCUT2D eigenvalue weighted by Gasteiger charge is 2.13. The van der Waals surface area contributed by atoms with E-state index in [1.165, 1.54) is 13.2 Å². The van der Waals surface area contributed by atoms with E-state index in [4.69, 9.17) is 9.84 Å². The molecule has 0 aliphatic rings. The van der Waals surface area contributed by atoms with Crippen molar-refractivity contribution in [2.24, 2.45) is 0 Å². The third-order valence-corrected chi connectivity index (χ3v) is 3.05. The lowest BCUT2D eigenvalue weighted by Gasteiger charge is -2.03. The van der Waals surface area contributed by atoms with Crippen LogP contribution in [0.25, 0.3) is 21.8 Å². The molecule has 2 aromatic carbocycles. The maximum atomic E-state index is 11.1. The molecule has 4 nitrogen and oxygen atoms in total. The van der Waals surface area contributed by atoms with Gasteiger partial charge in [-0.15, -0.1) is 0 Å². The van der Waals surface area contributed by atoms with Crippen LogP contribution in [-0.2, 0) is 0 Å². The van der Waals surface area contributed by atoms with E-state index >= 15 is 0 Å². The number of carboxylic acid groups (broad SMARTS) is 1. The number of carbonyl (C=O) groups is 1. The minimum Gasteiger partial charge on any atom is -0.495 e. The molecule has 0 bridgehead atoms. The van der Waals surface area contributed by atoms with Crippen LogP contribution in [0.1, 0.15) is 10.4 Å². The molecule has 0 saturated heterocycles. The molecule has 18 heavy (non-hydrogen) atoms. The van der Waals surface area contributed by atoms with Gasteiger partial charge in [0.05, 0.1) is 18.2 Å². The van der Waals surface area contributed by atoms with Gasteiger partial charge in [-0.25, -0.2) is 4.79 Å². The Morgan fingerprint density at radius 1 is 1.22 bits per heavy atom. The minimum atomic E-state index is -0.958. The molecule has 0 fully saturated rings. The number of nitrogens with one attached hydrogen (secondary N) is 1. The fourth-order valence-electron chi connectivity index (χ4n) is 2.20. The molecule has 1 heterocycles. The number of para-hydroxylation sites is 1. The quantitative estimate of drug-likeness (QED) is 0.724. The molecule has 2 N–H and O–H groups in total. The second kappa shape index (κ2) is 3.77. The first kappa shape index (κ1) is 10.7. The van der Waals surface area contributed by atoms with Gasteiger partial charge in [0.2, 0.25) is 0 Å². The van der Waals surface area contributed by atoms with Crippen molar-refractivity contribution >= 4 is 27.8 Å². The van der Waals surface area contributed by atoms with Crippen LogP contribution >= 0.6 is 0 Å². The van der Waals surface area contributed by atoms with Crippen molar-refractivity contribution in [1.82, 2.24) is 4.98 Å². The van der Waals surface area contributed by atoms with E-state index in [1.54, 1.807) is 6.07 Å². The Bertz CT molecular complexity index is 758. The van der Waals surface area contributed by atoms with Crippen molar-refractivity contribution in [2.45, 2.75) is 0 Å². The Morgan fingerprint density at radius 2 is 2.00 bits per heavy atom. The van der Waals surface area contributed by atoms with Crippen LogP contribution in [0, 0.1) is 0 Å². The third kappa shape index (κ3) is 1.43. The molecular weight excluding hydrogens is 230 g/mol. The van der Waals surface area contributed by atoms with Gasteiger partial charge in [0.1, 0.15) is 5.75 Å². The van der Waals surface area contributed by atoms with Gasteiger partial charge in [-0.05, 0) is 18.2 Å². The second-order valence-corrected chi connectivity index (χ2v) is 4.08. The van der Waals surface area contributed by atoms with E-state index in [0.717, 1.165) is 21.8 Å². The lowest BCUT2D eigenvalue weighted by atomic mass is 10.1. The van der Waals surface area contributed by atoms with Crippen molar-refractivity contribution in [1.29, 1.82) is 0 Å². The number of hydrogen-bond acceptors (Lipinski definition) is 2. The molecule has 0 radical (unpaired) electrons. The number of aromatic carboxylic acids is 1. The Hall–Kier alpha value is -2.49. The summed E-state index contributed by atoms with van der Waals surface area (Å²) in [6.45, 7) is 0. The molecule has 0 unspecified atom stereocenters. The van der Waals surface area contributed by atoms with Gasteiger partial charge in [-0.1, -0.05) is 18.2 Å². The molecule has 0 saturated carbocycles. The van der Waals surface area contributed by atoms with Crippen LogP contribution in [-0.4, -0.2) is 23.2 Å². The first-order valence-corrected chi connectivity index (χ1v) is 5.52. The fourth-order valence-corrected chi connectivity index (χ4v) is 2.20. The number of aromatic amines is 1. The summed E-state index contributed by atoms with van der Waals surface area (Å²) in [6, 6.07) is 11.0. The summed E-state index contributed by atoms with van der Waals surface area (Å²) in [6.07, 6.45) is 0. The number of hydrogen-bond donors (Lipinski definition) is 2. The number of rotatable bonds is 2. The van der Waals surface area contributed by atoms with E-state index in [1.807, 2.05) is 24.3 Å². The molecule has 0 amide bonds. The van der Waals surface area contributed by atoms with Crippen molar-refractivity contribution in [3.8, 4) is 5.75 Å². The standard InChI is InChI=1S/C14H11NO3/c1-18-12-7-8(14(16)17)6-10-9-4-2-3-5-11(9)15-13(10)12/h2-7,15H,1H3,(H,16,17). The van der Waals surface area contributed by atoms with Crippen LogP contribution in [0.3, 0.4) is 0 Å². The number of methoxy groups -OCH3 is 1. The molecule has 90 valence electrons. The Morgan fingerprint density at radius 3 is 2.72 bits per heavy atom. The normalized spacial score (nSPS) is 10.9. The van der Waals surface area contributed by atoms with Gasteiger partial charge in [-0.2, -0.15) is 0 Å². The average Bonchev–Trinajstić information content (AvgIpc) is 2.76.